The van der Waals surface area contributed by atoms with Gasteiger partial charge in [0.05, 0.1) is 5.56 Å². The minimum absolute atomic E-state index is 0.101. The van der Waals surface area contributed by atoms with E-state index in [2.05, 4.69) is 32.9 Å². The second-order valence-electron chi connectivity index (χ2n) is 9.26. The van der Waals surface area contributed by atoms with E-state index in [1.54, 1.807) is 24.3 Å². The van der Waals surface area contributed by atoms with Crippen molar-refractivity contribution in [2.75, 3.05) is 13.1 Å². The van der Waals surface area contributed by atoms with Gasteiger partial charge in [0.25, 0.3) is 5.91 Å². The van der Waals surface area contributed by atoms with Gasteiger partial charge in [-0.2, -0.15) is 0 Å². The lowest BCUT2D eigenvalue weighted by Crippen LogP contribution is -2.48. The topological polar surface area (TPSA) is 54.5 Å². The molecule has 0 saturated carbocycles. The van der Waals surface area contributed by atoms with Gasteiger partial charge in [-0.1, -0.05) is 81.0 Å². The van der Waals surface area contributed by atoms with Gasteiger partial charge in [0, 0.05) is 35.0 Å². The first-order chi connectivity index (χ1) is 14.8. The second kappa shape index (κ2) is 7.77. The van der Waals surface area contributed by atoms with Crippen molar-refractivity contribution in [1.29, 1.82) is 0 Å². The highest BCUT2D eigenvalue weighted by molar-refractivity contribution is 6.01. The molecule has 1 aliphatic carbocycles. The minimum atomic E-state index is -0.189. The number of nitrogens with zero attached hydrogens (tertiary/aromatic N) is 1. The molecule has 1 amide bonds. The van der Waals surface area contributed by atoms with E-state index in [4.69, 9.17) is 0 Å². The Labute approximate surface area is 183 Å². The van der Waals surface area contributed by atoms with Gasteiger partial charge in [-0.15, -0.1) is 0 Å². The molecule has 0 saturated heterocycles. The van der Waals surface area contributed by atoms with Gasteiger partial charge in [0.1, 0.15) is 6.29 Å². The predicted octanol–water partition coefficient (Wildman–Crippen LogP) is 5.21. The van der Waals surface area contributed by atoms with E-state index < -0.39 is 0 Å². The molecule has 0 aromatic heterocycles. The molecule has 0 bridgehead atoms. The van der Waals surface area contributed by atoms with E-state index in [-0.39, 0.29) is 16.7 Å². The fourth-order valence-electron chi connectivity index (χ4n) is 5.27. The van der Waals surface area contributed by atoms with Crippen LogP contribution in [0.2, 0.25) is 0 Å². The van der Waals surface area contributed by atoms with E-state index in [1.165, 1.54) is 11.1 Å². The van der Waals surface area contributed by atoms with Crippen LogP contribution in [0.1, 0.15) is 63.8 Å². The first-order valence-electron chi connectivity index (χ1n) is 10.6. The number of amides is 1. The van der Waals surface area contributed by atoms with Gasteiger partial charge < -0.3 is 4.90 Å². The Kier molecular flexibility index (Phi) is 5.26. The van der Waals surface area contributed by atoms with Crippen molar-refractivity contribution in [3.05, 3.63) is 88.5 Å². The molecular weight excluding hydrogens is 386 g/mol. The summed E-state index contributed by atoms with van der Waals surface area (Å²) < 4.78 is 0. The van der Waals surface area contributed by atoms with Crippen LogP contribution in [0.3, 0.4) is 0 Å². The number of benzene rings is 2. The molecule has 4 nitrogen and oxygen atoms in total. The number of aldehydes is 2. The lowest BCUT2D eigenvalue weighted by Gasteiger charge is -2.50. The van der Waals surface area contributed by atoms with Crippen LogP contribution in [0.5, 0.6) is 0 Å². The normalized spacial score (nSPS) is 22.1. The van der Waals surface area contributed by atoms with Crippen LogP contribution in [0.25, 0.3) is 5.57 Å². The summed E-state index contributed by atoms with van der Waals surface area (Å²) in [5.41, 5.74) is 4.91. The maximum absolute atomic E-state index is 13.2. The highest BCUT2D eigenvalue weighted by Gasteiger charge is 2.46. The molecule has 0 spiro atoms. The molecule has 4 heteroatoms. The van der Waals surface area contributed by atoms with E-state index in [0.29, 0.717) is 29.8 Å². The zero-order chi connectivity index (χ0) is 22.2. The third kappa shape index (κ3) is 3.56. The van der Waals surface area contributed by atoms with Crippen molar-refractivity contribution in [2.24, 2.45) is 10.8 Å². The third-order valence-corrected chi connectivity index (χ3v) is 6.77. The van der Waals surface area contributed by atoms with Gasteiger partial charge in [0.15, 0.2) is 6.29 Å². The van der Waals surface area contributed by atoms with E-state index in [9.17, 15) is 14.4 Å². The Bertz CT molecular complexity index is 1110. The average molecular weight is 414 g/mol. The number of hydrogen-bond acceptors (Lipinski definition) is 3. The van der Waals surface area contributed by atoms with E-state index >= 15 is 0 Å². The van der Waals surface area contributed by atoms with Crippen LogP contribution >= 0.6 is 0 Å². The second-order valence-corrected chi connectivity index (χ2v) is 9.26. The molecule has 2 aromatic carbocycles. The Balaban J connectivity index is 1.65. The van der Waals surface area contributed by atoms with Crippen LogP contribution in [-0.4, -0.2) is 36.5 Å². The van der Waals surface area contributed by atoms with E-state index in [1.807, 2.05) is 29.2 Å². The largest absolute Gasteiger partial charge is 0.334 e. The van der Waals surface area contributed by atoms with Gasteiger partial charge in [-0.3, -0.25) is 14.4 Å². The van der Waals surface area contributed by atoms with Crippen LogP contribution in [0.15, 0.2) is 66.3 Å². The predicted molar refractivity (Wildman–Crippen MR) is 122 cm³/mol. The Morgan fingerprint density at radius 1 is 0.935 bits per heavy atom. The first kappa shape index (κ1) is 21.0. The molecule has 1 heterocycles. The molecule has 4 rings (SSSR count). The number of hydrogen-bond donors (Lipinski definition) is 0. The molecule has 0 fully saturated rings. The summed E-state index contributed by atoms with van der Waals surface area (Å²) in [6, 6.07) is 14.7. The maximum Gasteiger partial charge on any atom is 0.254 e. The van der Waals surface area contributed by atoms with Crippen molar-refractivity contribution < 1.29 is 14.4 Å². The summed E-state index contributed by atoms with van der Waals surface area (Å²) in [5, 5.41) is 0. The number of fused-ring (bicyclic) bond motifs is 1. The molecule has 158 valence electrons. The molecule has 0 unspecified atom stereocenters. The molecule has 0 N–H and O–H groups in total. The number of carbonyl (C=O) groups is 3. The van der Waals surface area contributed by atoms with Crippen LogP contribution in [0.4, 0.5) is 0 Å². The Hall–Kier alpha value is -3.27. The monoisotopic (exact) mass is 413 g/mol. The fourth-order valence-corrected chi connectivity index (χ4v) is 5.27. The number of rotatable bonds is 4. The van der Waals surface area contributed by atoms with Crippen molar-refractivity contribution in [3.8, 4) is 0 Å². The third-order valence-electron chi connectivity index (χ3n) is 6.77. The molecule has 1 aliphatic heterocycles. The maximum atomic E-state index is 13.2. The van der Waals surface area contributed by atoms with Crippen LogP contribution in [0, 0.1) is 10.8 Å². The summed E-state index contributed by atoms with van der Waals surface area (Å²) in [4.78, 5) is 37.4. The number of carbonyl (C=O) groups excluding carboxylic acids is 3. The first-order valence-corrected chi connectivity index (χ1v) is 10.6. The Morgan fingerprint density at radius 2 is 1.65 bits per heavy atom. The lowest BCUT2D eigenvalue weighted by molar-refractivity contribution is 0.0680. The molecule has 1 atom stereocenters. The van der Waals surface area contributed by atoms with Gasteiger partial charge in [-0.25, -0.2) is 0 Å². The van der Waals surface area contributed by atoms with Gasteiger partial charge >= 0.3 is 0 Å². The summed E-state index contributed by atoms with van der Waals surface area (Å²) in [7, 11) is 0. The fraction of sp³-hybridized carbons (Fsp3) is 0.296. The van der Waals surface area contributed by atoms with Gasteiger partial charge in [-0.05, 0) is 23.6 Å². The smallest absolute Gasteiger partial charge is 0.254 e. The zero-order valence-electron chi connectivity index (χ0n) is 18.2. The highest BCUT2D eigenvalue weighted by Crippen LogP contribution is 2.55. The van der Waals surface area contributed by atoms with Crippen molar-refractivity contribution in [2.45, 2.75) is 27.2 Å². The summed E-state index contributed by atoms with van der Waals surface area (Å²) in [6.45, 7) is 7.82. The van der Waals surface area contributed by atoms with Crippen molar-refractivity contribution in [3.63, 3.8) is 0 Å². The molecular formula is C27H27NO3. The van der Waals surface area contributed by atoms with Gasteiger partial charge in [0.2, 0.25) is 0 Å². The summed E-state index contributed by atoms with van der Waals surface area (Å²) in [6.07, 6.45) is 6.90. The molecule has 31 heavy (non-hydrogen) atoms. The van der Waals surface area contributed by atoms with E-state index in [0.717, 1.165) is 24.6 Å². The highest BCUT2D eigenvalue weighted by atomic mass is 16.2. The van der Waals surface area contributed by atoms with Crippen LogP contribution in [-0.2, 0) is 0 Å². The molecule has 2 aliphatic rings. The minimum Gasteiger partial charge on any atom is -0.334 e. The lowest BCUT2D eigenvalue weighted by atomic mass is 9.58. The standard InChI is InChI=1S/C27H27NO3/c1-26(2)23(20-10-8-19(16-29)9-11-20)12-14-27(3)18-28(15-13-24(26)27)25(31)22-7-5-4-6-21(22)17-30/h4-13,16-17H,14-15,18H2,1-3H3/t27-/m1/s1. The number of allylic oxidation sites excluding steroid dienone is 2. The quantitative estimate of drug-likeness (QED) is 0.510. The summed E-state index contributed by atoms with van der Waals surface area (Å²) in [5.74, 6) is -0.101. The Morgan fingerprint density at radius 3 is 2.32 bits per heavy atom. The van der Waals surface area contributed by atoms with Crippen LogP contribution < -0.4 is 0 Å². The van der Waals surface area contributed by atoms with Crippen molar-refractivity contribution >= 4 is 24.1 Å². The zero-order valence-corrected chi connectivity index (χ0v) is 18.2. The molecule has 2 aromatic rings. The SMILES string of the molecule is CC1(C)C(c2ccc(C=O)cc2)=CC[C@]2(C)CN(C(=O)c3ccccc3C=O)CC=C12. The molecule has 0 radical (unpaired) electrons. The summed E-state index contributed by atoms with van der Waals surface area (Å²) >= 11 is 0. The average Bonchev–Trinajstić information content (AvgIpc) is 2.78. The van der Waals surface area contributed by atoms with Crippen molar-refractivity contribution in [1.82, 2.24) is 4.90 Å².